The average molecular weight is 467 g/mol. The molecule has 0 saturated heterocycles. The molecule has 2 aliphatic rings. The van der Waals surface area contributed by atoms with Gasteiger partial charge in [-0.25, -0.2) is 0 Å². The third-order valence-electron chi connectivity index (χ3n) is 6.19. The van der Waals surface area contributed by atoms with E-state index in [1.807, 2.05) is 18.2 Å². The van der Waals surface area contributed by atoms with E-state index in [4.69, 9.17) is 4.84 Å². The molecule has 0 N–H and O–H groups in total. The lowest BCUT2D eigenvalue weighted by atomic mass is 9.67. The number of alkyl halides is 3. The van der Waals surface area contributed by atoms with E-state index >= 15 is 0 Å². The molecule has 3 nitrogen and oxygen atoms in total. The van der Waals surface area contributed by atoms with Gasteiger partial charge in [0.1, 0.15) is 10.2 Å². The molecule has 4 rings (SSSR count). The maximum absolute atomic E-state index is 13.2. The summed E-state index contributed by atoms with van der Waals surface area (Å²) in [6, 6.07) is 13.6. The summed E-state index contributed by atoms with van der Waals surface area (Å²) in [6.45, 7) is 5.28. The van der Waals surface area contributed by atoms with Crippen molar-refractivity contribution in [1.82, 2.24) is 0 Å². The van der Waals surface area contributed by atoms with Crippen LogP contribution in [0.4, 0.5) is 18.9 Å². The molecule has 0 bridgehead atoms. The van der Waals surface area contributed by atoms with Crippen molar-refractivity contribution in [1.29, 1.82) is 0 Å². The molecule has 0 radical (unpaired) electrons. The molecule has 2 atom stereocenters. The summed E-state index contributed by atoms with van der Waals surface area (Å²) in [5.74, 6) is 0. The van der Waals surface area contributed by atoms with E-state index in [-0.39, 0.29) is 5.41 Å². The molecule has 0 saturated carbocycles. The zero-order chi connectivity index (χ0) is 20.9. The van der Waals surface area contributed by atoms with Gasteiger partial charge in [-0.05, 0) is 58.6 Å². The van der Waals surface area contributed by atoms with Crippen LogP contribution < -0.4 is 4.90 Å². The fraction of sp³-hybridized carbons (Fsp3) is 0.409. The molecular formula is C22H22BrF3N2O. The molecular weight excluding hydrogens is 445 g/mol. The van der Waals surface area contributed by atoms with E-state index in [2.05, 4.69) is 45.9 Å². The number of hydrogen-bond acceptors (Lipinski definition) is 3. The molecule has 0 amide bonds. The Balaban J connectivity index is 1.68. The van der Waals surface area contributed by atoms with E-state index in [9.17, 15) is 13.2 Å². The van der Waals surface area contributed by atoms with Crippen LogP contribution in [0, 0.1) is 5.41 Å². The van der Waals surface area contributed by atoms with Crippen LogP contribution in [0.25, 0.3) is 0 Å². The van der Waals surface area contributed by atoms with E-state index in [1.165, 1.54) is 17.7 Å². The van der Waals surface area contributed by atoms with Gasteiger partial charge in [-0.3, -0.25) is 0 Å². The number of para-hydroxylation sites is 1. The van der Waals surface area contributed by atoms with Crippen LogP contribution in [0.5, 0.6) is 0 Å². The molecule has 0 spiro atoms. The van der Waals surface area contributed by atoms with Crippen LogP contribution in [-0.4, -0.2) is 16.8 Å². The largest absolute Gasteiger partial charge is 0.416 e. The van der Waals surface area contributed by atoms with Crippen molar-refractivity contribution in [3.05, 3.63) is 65.2 Å². The molecule has 29 heavy (non-hydrogen) atoms. The van der Waals surface area contributed by atoms with E-state index < -0.39 is 17.3 Å². The molecule has 7 heteroatoms. The Labute approximate surface area is 176 Å². The van der Waals surface area contributed by atoms with Crippen molar-refractivity contribution in [2.24, 2.45) is 10.6 Å². The predicted octanol–water partition coefficient (Wildman–Crippen LogP) is 6.16. The van der Waals surface area contributed by atoms with Crippen LogP contribution in [0.3, 0.4) is 0 Å². The Bertz CT molecular complexity index is 961. The molecule has 2 aliphatic heterocycles. The highest BCUT2D eigenvalue weighted by Crippen LogP contribution is 2.49. The van der Waals surface area contributed by atoms with E-state index in [0.29, 0.717) is 25.1 Å². The fourth-order valence-corrected chi connectivity index (χ4v) is 4.94. The van der Waals surface area contributed by atoms with Crippen LogP contribution in [-0.2, 0) is 24.0 Å². The molecule has 0 aromatic heterocycles. The Morgan fingerprint density at radius 3 is 2.55 bits per heavy atom. The van der Waals surface area contributed by atoms with Gasteiger partial charge in [-0.1, -0.05) is 42.4 Å². The number of hydrogen-bond donors (Lipinski definition) is 0. The summed E-state index contributed by atoms with van der Waals surface area (Å²) in [7, 11) is 0. The molecule has 2 aromatic rings. The lowest BCUT2D eigenvalue weighted by molar-refractivity contribution is -0.137. The second kappa shape index (κ2) is 7.04. The van der Waals surface area contributed by atoms with Crippen molar-refractivity contribution in [2.45, 2.75) is 45.0 Å². The van der Waals surface area contributed by atoms with Gasteiger partial charge < -0.3 is 9.74 Å². The van der Waals surface area contributed by atoms with Gasteiger partial charge in [-0.15, -0.1) is 0 Å². The molecule has 0 unspecified atom stereocenters. The highest BCUT2D eigenvalue weighted by Gasteiger charge is 2.53. The van der Waals surface area contributed by atoms with E-state index in [0.717, 1.165) is 22.8 Å². The molecule has 0 fully saturated rings. The zero-order valence-electron chi connectivity index (χ0n) is 16.3. The third kappa shape index (κ3) is 3.77. The Kier molecular flexibility index (Phi) is 4.92. The maximum Gasteiger partial charge on any atom is 0.416 e. The van der Waals surface area contributed by atoms with Crippen molar-refractivity contribution < 1.29 is 18.0 Å². The number of oxime groups is 1. The first-order chi connectivity index (χ1) is 13.6. The van der Waals surface area contributed by atoms with Crippen molar-refractivity contribution in [3.8, 4) is 0 Å². The number of nitrogens with zero attached hydrogens (tertiary/aromatic N) is 2. The lowest BCUT2D eigenvalue weighted by Gasteiger charge is -2.49. The minimum absolute atomic E-state index is 0.262. The first kappa shape index (κ1) is 20.3. The van der Waals surface area contributed by atoms with Gasteiger partial charge in [0.2, 0.25) is 0 Å². The van der Waals surface area contributed by atoms with E-state index in [1.54, 1.807) is 6.07 Å². The van der Waals surface area contributed by atoms with Gasteiger partial charge in [-0.2, -0.15) is 13.2 Å². The van der Waals surface area contributed by atoms with Crippen molar-refractivity contribution in [2.75, 3.05) is 11.4 Å². The van der Waals surface area contributed by atoms with Gasteiger partial charge in [0, 0.05) is 30.6 Å². The Morgan fingerprint density at radius 1 is 1.10 bits per heavy atom. The summed E-state index contributed by atoms with van der Waals surface area (Å²) in [6.07, 6.45) is -2.86. The molecule has 154 valence electrons. The lowest BCUT2D eigenvalue weighted by Crippen LogP contribution is -2.54. The van der Waals surface area contributed by atoms with Gasteiger partial charge in [0.25, 0.3) is 0 Å². The fourth-order valence-electron chi connectivity index (χ4n) is 4.33. The third-order valence-corrected chi connectivity index (χ3v) is 6.61. The summed E-state index contributed by atoms with van der Waals surface area (Å²) < 4.78 is 40.2. The first-order valence-electron chi connectivity index (χ1n) is 9.49. The van der Waals surface area contributed by atoms with Gasteiger partial charge in [0.05, 0.1) is 5.56 Å². The SMILES string of the molecule is C[C@@]1([C@]2(C)CC(Br)=NO2)Cc2ccccc2N(Cc2cccc(C(F)(F)F)c2)C1. The summed E-state index contributed by atoms with van der Waals surface area (Å²) in [5, 5.41) is 4.10. The minimum Gasteiger partial charge on any atom is -0.388 e. The summed E-state index contributed by atoms with van der Waals surface area (Å²) >= 11 is 3.44. The number of fused-ring (bicyclic) bond motifs is 1. The van der Waals surface area contributed by atoms with Gasteiger partial charge >= 0.3 is 6.18 Å². The Morgan fingerprint density at radius 2 is 1.86 bits per heavy atom. The number of rotatable bonds is 3. The number of anilines is 1. The quantitative estimate of drug-likeness (QED) is 0.540. The highest BCUT2D eigenvalue weighted by molar-refractivity contribution is 9.18. The average Bonchev–Trinajstić information content (AvgIpc) is 3.02. The smallest absolute Gasteiger partial charge is 0.388 e. The second-order valence-corrected chi connectivity index (χ2v) is 9.30. The maximum atomic E-state index is 13.2. The van der Waals surface area contributed by atoms with Crippen LogP contribution in [0.2, 0.25) is 0 Å². The van der Waals surface area contributed by atoms with Crippen molar-refractivity contribution >= 4 is 26.2 Å². The highest BCUT2D eigenvalue weighted by atomic mass is 79.9. The minimum atomic E-state index is -4.35. The van der Waals surface area contributed by atoms with Crippen molar-refractivity contribution in [3.63, 3.8) is 0 Å². The van der Waals surface area contributed by atoms with Crippen LogP contribution >= 0.6 is 15.9 Å². The Hall–Kier alpha value is -2.02. The van der Waals surface area contributed by atoms with Gasteiger partial charge in [0.15, 0.2) is 0 Å². The second-order valence-electron chi connectivity index (χ2n) is 8.39. The topological polar surface area (TPSA) is 24.8 Å². The predicted molar refractivity (Wildman–Crippen MR) is 111 cm³/mol. The summed E-state index contributed by atoms with van der Waals surface area (Å²) in [4.78, 5) is 8.00. The number of halogens is 4. The normalized spacial score (nSPS) is 26.7. The zero-order valence-corrected chi connectivity index (χ0v) is 17.8. The van der Waals surface area contributed by atoms with Crippen LogP contribution in [0.1, 0.15) is 37.0 Å². The monoisotopic (exact) mass is 466 g/mol. The van der Waals surface area contributed by atoms with Crippen LogP contribution in [0.15, 0.2) is 53.7 Å². The molecule has 2 heterocycles. The number of benzene rings is 2. The first-order valence-corrected chi connectivity index (χ1v) is 10.3. The molecule has 2 aromatic carbocycles. The summed E-state index contributed by atoms with van der Waals surface area (Å²) in [5.41, 5.74) is 1.48. The molecule has 0 aliphatic carbocycles. The standard InChI is InChI=1S/C22H22BrF3N2O/c1-20(21(2)12-19(23)27-29-21)11-16-7-3-4-9-18(16)28(14-20)13-15-6-5-8-17(10-15)22(24,25)26/h3-10H,11-14H2,1-2H3/t20-,21+/m1/s1.